The molecule has 0 saturated heterocycles. The number of nitrogens with one attached hydrogen (secondary N) is 1. The topological polar surface area (TPSA) is 55.1 Å². The van der Waals surface area contributed by atoms with Crippen LogP contribution in [0.5, 0.6) is 0 Å². The van der Waals surface area contributed by atoms with Crippen LogP contribution in [0.1, 0.15) is 15.2 Å². The number of aromatic nitrogens is 1. The Bertz CT molecular complexity index is 718. The van der Waals surface area contributed by atoms with Gasteiger partial charge in [-0.2, -0.15) is 0 Å². The summed E-state index contributed by atoms with van der Waals surface area (Å²) in [5.74, 6) is 0.554. The molecule has 2 heterocycles. The van der Waals surface area contributed by atoms with E-state index in [9.17, 15) is 4.79 Å². The zero-order chi connectivity index (χ0) is 13.9. The predicted molar refractivity (Wildman–Crippen MR) is 79.2 cm³/mol. The van der Waals surface area contributed by atoms with Crippen LogP contribution in [-0.2, 0) is 0 Å². The minimum absolute atomic E-state index is 0.0454. The quantitative estimate of drug-likeness (QED) is 0.743. The SMILES string of the molecule is CNc1nc(-c2ccco2)c(C(=O)c2ccccc2)s1. The van der Waals surface area contributed by atoms with Crippen molar-refractivity contribution in [3.05, 3.63) is 59.2 Å². The molecule has 0 saturated carbocycles. The number of anilines is 1. The molecular formula is C15H12N2O2S. The minimum atomic E-state index is -0.0454. The Labute approximate surface area is 120 Å². The van der Waals surface area contributed by atoms with Crippen LogP contribution in [0.3, 0.4) is 0 Å². The minimum Gasteiger partial charge on any atom is -0.463 e. The van der Waals surface area contributed by atoms with Crippen LogP contribution in [0.2, 0.25) is 0 Å². The average Bonchev–Trinajstić information content (AvgIpc) is 3.16. The van der Waals surface area contributed by atoms with Crippen LogP contribution < -0.4 is 5.32 Å². The van der Waals surface area contributed by atoms with Gasteiger partial charge in [-0.1, -0.05) is 41.7 Å². The first-order valence-electron chi connectivity index (χ1n) is 6.12. The summed E-state index contributed by atoms with van der Waals surface area (Å²) >= 11 is 1.33. The van der Waals surface area contributed by atoms with Gasteiger partial charge in [-0.15, -0.1) is 0 Å². The van der Waals surface area contributed by atoms with Crippen LogP contribution >= 0.6 is 11.3 Å². The van der Waals surface area contributed by atoms with Crippen molar-refractivity contribution >= 4 is 22.3 Å². The number of nitrogens with zero attached hydrogens (tertiary/aromatic N) is 1. The summed E-state index contributed by atoms with van der Waals surface area (Å²) in [6.07, 6.45) is 1.57. The Hall–Kier alpha value is -2.40. The summed E-state index contributed by atoms with van der Waals surface area (Å²) in [6, 6.07) is 12.8. The molecule has 1 N–H and O–H groups in total. The van der Waals surface area contributed by atoms with Crippen molar-refractivity contribution in [3.63, 3.8) is 0 Å². The number of rotatable bonds is 4. The Balaban J connectivity index is 2.09. The number of hydrogen-bond donors (Lipinski definition) is 1. The van der Waals surface area contributed by atoms with E-state index in [2.05, 4.69) is 10.3 Å². The van der Waals surface area contributed by atoms with Gasteiger partial charge in [0.2, 0.25) is 5.78 Å². The lowest BCUT2D eigenvalue weighted by Crippen LogP contribution is -2.00. The molecule has 0 fully saturated rings. The zero-order valence-corrected chi connectivity index (χ0v) is 11.6. The van der Waals surface area contributed by atoms with Crippen LogP contribution in [0, 0.1) is 0 Å². The van der Waals surface area contributed by atoms with Gasteiger partial charge in [0.05, 0.1) is 6.26 Å². The Kier molecular flexibility index (Phi) is 3.35. The first-order chi connectivity index (χ1) is 9.79. The number of hydrogen-bond acceptors (Lipinski definition) is 5. The fourth-order valence-electron chi connectivity index (χ4n) is 1.88. The van der Waals surface area contributed by atoms with E-state index in [0.29, 0.717) is 27.0 Å². The monoisotopic (exact) mass is 284 g/mol. The molecule has 3 aromatic rings. The molecule has 0 radical (unpaired) electrons. The van der Waals surface area contributed by atoms with Crippen LogP contribution in [0.25, 0.3) is 11.5 Å². The molecule has 2 aromatic heterocycles. The van der Waals surface area contributed by atoms with Gasteiger partial charge in [0, 0.05) is 12.6 Å². The standard InChI is InChI=1S/C15H12N2O2S/c1-16-15-17-12(11-8-5-9-19-11)14(20-15)13(18)10-6-3-2-4-7-10/h2-9H,1H3,(H,16,17). The van der Waals surface area contributed by atoms with Gasteiger partial charge in [0.25, 0.3) is 0 Å². The summed E-state index contributed by atoms with van der Waals surface area (Å²) in [4.78, 5) is 17.6. The molecule has 5 heteroatoms. The molecule has 0 atom stereocenters. The van der Waals surface area contributed by atoms with Crippen molar-refractivity contribution < 1.29 is 9.21 Å². The molecule has 0 unspecified atom stereocenters. The molecule has 0 spiro atoms. The third-order valence-electron chi connectivity index (χ3n) is 2.84. The van der Waals surface area contributed by atoms with Crippen molar-refractivity contribution in [1.82, 2.24) is 4.98 Å². The molecule has 20 heavy (non-hydrogen) atoms. The van der Waals surface area contributed by atoms with Crippen molar-refractivity contribution in [2.75, 3.05) is 12.4 Å². The Morgan fingerprint density at radius 2 is 2.00 bits per heavy atom. The maximum Gasteiger partial charge on any atom is 0.205 e. The zero-order valence-electron chi connectivity index (χ0n) is 10.8. The summed E-state index contributed by atoms with van der Waals surface area (Å²) in [7, 11) is 1.78. The third kappa shape index (κ3) is 2.23. The lowest BCUT2D eigenvalue weighted by Gasteiger charge is -1.99. The van der Waals surface area contributed by atoms with E-state index >= 15 is 0 Å². The van der Waals surface area contributed by atoms with Crippen LogP contribution in [-0.4, -0.2) is 17.8 Å². The summed E-state index contributed by atoms with van der Waals surface area (Å²) in [6.45, 7) is 0. The molecule has 0 aliphatic rings. The van der Waals surface area contributed by atoms with Gasteiger partial charge in [0.1, 0.15) is 10.6 Å². The fourth-order valence-corrected chi connectivity index (χ4v) is 2.77. The first kappa shape index (κ1) is 12.6. The van der Waals surface area contributed by atoms with E-state index in [4.69, 9.17) is 4.42 Å². The molecule has 100 valence electrons. The van der Waals surface area contributed by atoms with Gasteiger partial charge in [0.15, 0.2) is 10.9 Å². The first-order valence-corrected chi connectivity index (χ1v) is 6.93. The summed E-state index contributed by atoms with van der Waals surface area (Å²) < 4.78 is 5.37. The molecule has 0 amide bonds. The van der Waals surface area contributed by atoms with E-state index in [1.165, 1.54) is 11.3 Å². The van der Waals surface area contributed by atoms with Crippen molar-refractivity contribution in [2.45, 2.75) is 0 Å². The number of furan rings is 1. The van der Waals surface area contributed by atoms with Gasteiger partial charge in [-0.05, 0) is 12.1 Å². The summed E-state index contributed by atoms with van der Waals surface area (Å²) in [5.41, 5.74) is 1.23. The van der Waals surface area contributed by atoms with Crippen LogP contribution in [0.4, 0.5) is 5.13 Å². The number of benzene rings is 1. The second-order valence-electron chi connectivity index (χ2n) is 4.12. The predicted octanol–water partition coefficient (Wildman–Crippen LogP) is 3.68. The molecule has 3 rings (SSSR count). The van der Waals surface area contributed by atoms with E-state index < -0.39 is 0 Å². The van der Waals surface area contributed by atoms with Gasteiger partial charge < -0.3 is 9.73 Å². The highest BCUT2D eigenvalue weighted by Crippen LogP contribution is 2.32. The van der Waals surface area contributed by atoms with Crippen molar-refractivity contribution in [1.29, 1.82) is 0 Å². The second kappa shape index (κ2) is 5.30. The highest BCUT2D eigenvalue weighted by molar-refractivity contribution is 7.18. The van der Waals surface area contributed by atoms with Crippen molar-refractivity contribution in [3.8, 4) is 11.5 Å². The number of thiazole rings is 1. The smallest absolute Gasteiger partial charge is 0.205 e. The highest BCUT2D eigenvalue weighted by atomic mass is 32.1. The third-order valence-corrected chi connectivity index (χ3v) is 3.91. The average molecular weight is 284 g/mol. The van der Waals surface area contributed by atoms with E-state index in [1.54, 1.807) is 37.6 Å². The number of ketones is 1. The lowest BCUT2D eigenvalue weighted by molar-refractivity contribution is 0.104. The molecule has 1 aromatic carbocycles. The molecule has 4 nitrogen and oxygen atoms in total. The Morgan fingerprint density at radius 3 is 2.65 bits per heavy atom. The maximum atomic E-state index is 12.6. The van der Waals surface area contributed by atoms with Gasteiger partial charge in [-0.25, -0.2) is 4.98 Å². The van der Waals surface area contributed by atoms with Gasteiger partial charge in [-0.3, -0.25) is 4.79 Å². The molecule has 0 aliphatic heterocycles. The second-order valence-corrected chi connectivity index (χ2v) is 5.12. The van der Waals surface area contributed by atoms with E-state index in [-0.39, 0.29) is 5.78 Å². The normalized spacial score (nSPS) is 10.4. The molecule has 0 bridgehead atoms. The van der Waals surface area contributed by atoms with E-state index in [0.717, 1.165) is 0 Å². The maximum absolute atomic E-state index is 12.6. The van der Waals surface area contributed by atoms with E-state index in [1.807, 2.05) is 18.2 Å². The number of carbonyl (C=O) groups is 1. The fraction of sp³-hybridized carbons (Fsp3) is 0.0667. The molecule has 0 aliphatic carbocycles. The lowest BCUT2D eigenvalue weighted by atomic mass is 10.1. The highest BCUT2D eigenvalue weighted by Gasteiger charge is 2.21. The van der Waals surface area contributed by atoms with Gasteiger partial charge >= 0.3 is 0 Å². The molecular weight excluding hydrogens is 272 g/mol. The number of carbonyl (C=O) groups excluding carboxylic acids is 1. The van der Waals surface area contributed by atoms with Crippen molar-refractivity contribution in [2.24, 2.45) is 0 Å². The van der Waals surface area contributed by atoms with Crippen LogP contribution in [0.15, 0.2) is 53.1 Å². The largest absolute Gasteiger partial charge is 0.463 e. The summed E-state index contributed by atoms with van der Waals surface area (Å²) in [5, 5.41) is 3.66. The Morgan fingerprint density at radius 1 is 1.20 bits per heavy atom.